The van der Waals surface area contributed by atoms with Gasteiger partial charge in [-0.2, -0.15) is 0 Å². The Bertz CT molecular complexity index is 548. The molecule has 1 aromatic carbocycles. The van der Waals surface area contributed by atoms with Crippen LogP contribution in [0.15, 0.2) is 24.3 Å². The van der Waals surface area contributed by atoms with E-state index in [2.05, 4.69) is 56.9 Å². The lowest BCUT2D eigenvalue weighted by atomic mass is 9.79. The Hall–Kier alpha value is -0.835. The molecule has 4 heteroatoms. The molecule has 0 radical (unpaired) electrons. The lowest BCUT2D eigenvalue weighted by Crippen LogP contribution is -2.41. The van der Waals surface area contributed by atoms with Crippen LogP contribution in [0.5, 0.6) is 0 Å². The average molecular weight is 313 g/mol. The van der Waals surface area contributed by atoms with Gasteiger partial charge in [0, 0.05) is 18.6 Å². The van der Waals surface area contributed by atoms with Crippen LogP contribution in [0, 0.1) is 0 Å². The molecule has 4 rings (SSSR count). The zero-order chi connectivity index (χ0) is 16.2. The molecule has 0 spiro atoms. The van der Waals surface area contributed by atoms with Gasteiger partial charge in [0.2, 0.25) is 0 Å². The van der Waals surface area contributed by atoms with Crippen LogP contribution in [0.25, 0.3) is 0 Å². The molecular formula is C19H28BNO2. The number of rotatable bonds is 3. The quantitative estimate of drug-likeness (QED) is 0.800. The van der Waals surface area contributed by atoms with Gasteiger partial charge in [-0.05, 0) is 64.4 Å². The van der Waals surface area contributed by atoms with E-state index in [1.807, 2.05) is 0 Å². The number of hydrogen-bond donors (Lipinski definition) is 0. The molecule has 124 valence electrons. The van der Waals surface area contributed by atoms with Crippen molar-refractivity contribution in [3.63, 3.8) is 0 Å². The number of hydrogen-bond acceptors (Lipinski definition) is 3. The average Bonchev–Trinajstić information content (AvgIpc) is 3.12. The first-order valence-corrected chi connectivity index (χ1v) is 9.06. The molecule has 0 aromatic heterocycles. The standard InChI is InChI=1S/C19H28BNO2/c1-18(2)19(3,4)23-20(22-18)15-7-5-14(6-8-15)13-21-16-9-10-17(21)12-11-16/h5-8,16-17H,9-13H2,1-4H3. The smallest absolute Gasteiger partial charge is 0.399 e. The van der Waals surface area contributed by atoms with Crippen molar-refractivity contribution in [3.05, 3.63) is 29.8 Å². The minimum atomic E-state index is -0.273. The number of nitrogens with zero attached hydrogens (tertiary/aromatic N) is 1. The second kappa shape index (κ2) is 5.33. The molecule has 3 heterocycles. The fourth-order valence-electron chi connectivity index (χ4n) is 4.25. The van der Waals surface area contributed by atoms with E-state index in [0.717, 1.165) is 24.1 Å². The summed E-state index contributed by atoms with van der Waals surface area (Å²) in [6.45, 7) is 9.50. The van der Waals surface area contributed by atoms with Gasteiger partial charge in [0.05, 0.1) is 11.2 Å². The molecule has 0 saturated carbocycles. The third-order valence-corrected chi connectivity index (χ3v) is 6.47. The predicted octanol–water partition coefficient (Wildman–Crippen LogP) is 3.11. The van der Waals surface area contributed by atoms with Gasteiger partial charge in [-0.3, -0.25) is 4.90 Å². The Kier molecular flexibility index (Phi) is 3.64. The fourth-order valence-corrected chi connectivity index (χ4v) is 4.25. The van der Waals surface area contributed by atoms with E-state index in [1.165, 1.54) is 31.2 Å². The van der Waals surface area contributed by atoms with Gasteiger partial charge in [-0.15, -0.1) is 0 Å². The minimum absolute atomic E-state index is 0.253. The first kappa shape index (κ1) is 15.7. The molecule has 0 atom stereocenters. The minimum Gasteiger partial charge on any atom is -0.399 e. The Morgan fingerprint density at radius 2 is 1.39 bits per heavy atom. The van der Waals surface area contributed by atoms with Crippen LogP contribution in [0.1, 0.15) is 58.9 Å². The summed E-state index contributed by atoms with van der Waals surface area (Å²) in [4.78, 5) is 2.71. The Labute approximate surface area is 140 Å². The molecule has 3 nitrogen and oxygen atoms in total. The highest BCUT2D eigenvalue weighted by Crippen LogP contribution is 2.38. The Morgan fingerprint density at radius 3 is 1.87 bits per heavy atom. The van der Waals surface area contributed by atoms with Crippen LogP contribution in [-0.4, -0.2) is 35.3 Å². The summed E-state index contributed by atoms with van der Waals surface area (Å²) in [6.07, 6.45) is 5.60. The van der Waals surface area contributed by atoms with E-state index in [4.69, 9.17) is 9.31 Å². The predicted molar refractivity (Wildman–Crippen MR) is 93.7 cm³/mol. The Balaban J connectivity index is 1.45. The van der Waals surface area contributed by atoms with E-state index in [9.17, 15) is 0 Å². The molecule has 3 saturated heterocycles. The molecule has 23 heavy (non-hydrogen) atoms. The first-order valence-electron chi connectivity index (χ1n) is 9.06. The number of fused-ring (bicyclic) bond motifs is 2. The first-order chi connectivity index (χ1) is 10.9. The second-order valence-electron chi connectivity index (χ2n) is 8.46. The summed E-state index contributed by atoms with van der Waals surface area (Å²) in [5, 5.41) is 0. The molecule has 3 aliphatic heterocycles. The van der Waals surface area contributed by atoms with Gasteiger partial charge in [0.1, 0.15) is 0 Å². The molecular weight excluding hydrogens is 285 g/mol. The molecule has 0 amide bonds. The number of benzene rings is 1. The maximum Gasteiger partial charge on any atom is 0.494 e. The maximum atomic E-state index is 6.13. The second-order valence-corrected chi connectivity index (χ2v) is 8.46. The van der Waals surface area contributed by atoms with Crippen LogP contribution in [0.3, 0.4) is 0 Å². The molecule has 1 aromatic rings. The molecule has 2 bridgehead atoms. The molecule has 0 unspecified atom stereocenters. The molecule has 0 N–H and O–H groups in total. The van der Waals surface area contributed by atoms with Crippen molar-refractivity contribution in [3.8, 4) is 0 Å². The highest BCUT2D eigenvalue weighted by molar-refractivity contribution is 6.62. The zero-order valence-electron chi connectivity index (χ0n) is 14.8. The fraction of sp³-hybridized carbons (Fsp3) is 0.684. The van der Waals surface area contributed by atoms with Crippen molar-refractivity contribution < 1.29 is 9.31 Å². The van der Waals surface area contributed by atoms with Crippen LogP contribution in [-0.2, 0) is 15.9 Å². The summed E-state index contributed by atoms with van der Waals surface area (Å²) >= 11 is 0. The van der Waals surface area contributed by atoms with Gasteiger partial charge in [-0.1, -0.05) is 24.3 Å². The zero-order valence-corrected chi connectivity index (χ0v) is 14.8. The highest BCUT2D eigenvalue weighted by Gasteiger charge is 2.51. The van der Waals surface area contributed by atoms with Crippen molar-refractivity contribution in [2.75, 3.05) is 0 Å². The van der Waals surface area contributed by atoms with Gasteiger partial charge >= 0.3 is 7.12 Å². The summed E-state index contributed by atoms with van der Waals surface area (Å²) in [5.41, 5.74) is 1.98. The SMILES string of the molecule is CC1(C)OB(c2ccc(CN3C4CCC3CC4)cc2)OC1(C)C. The van der Waals surface area contributed by atoms with Crippen molar-refractivity contribution in [2.24, 2.45) is 0 Å². The van der Waals surface area contributed by atoms with Gasteiger partial charge in [-0.25, -0.2) is 0 Å². The summed E-state index contributed by atoms with van der Waals surface area (Å²) < 4.78 is 12.3. The van der Waals surface area contributed by atoms with Crippen LogP contribution >= 0.6 is 0 Å². The van der Waals surface area contributed by atoms with E-state index in [-0.39, 0.29) is 18.3 Å². The normalized spacial score (nSPS) is 31.9. The van der Waals surface area contributed by atoms with Crippen molar-refractivity contribution in [1.29, 1.82) is 0 Å². The summed E-state index contributed by atoms with van der Waals surface area (Å²) in [7, 11) is -0.253. The van der Waals surface area contributed by atoms with Crippen molar-refractivity contribution in [2.45, 2.75) is 83.2 Å². The van der Waals surface area contributed by atoms with Gasteiger partial charge in [0.25, 0.3) is 0 Å². The Morgan fingerprint density at radius 1 is 0.913 bits per heavy atom. The third kappa shape index (κ3) is 2.65. The topological polar surface area (TPSA) is 21.7 Å². The maximum absolute atomic E-state index is 6.13. The highest BCUT2D eigenvalue weighted by atomic mass is 16.7. The van der Waals surface area contributed by atoms with E-state index < -0.39 is 0 Å². The van der Waals surface area contributed by atoms with Crippen molar-refractivity contribution >= 4 is 12.6 Å². The van der Waals surface area contributed by atoms with Gasteiger partial charge < -0.3 is 9.31 Å². The third-order valence-electron chi connectivity index (χ3n) is 6.47. The molecule has 3 aliphatic rings. The lowest BCUT2D eigenvalue weighted by molar-refractivity contribution is 0.00578. The monoisotopic (exact) mass is 313 g/mol. The molecule has 0 aliphatic carbocycles. The van der Waals surface area contributed by atoms with E-state index >= 15 is 0 Å². The van der Waals surface area contributed by atoms with Crippen LogP contribution in [0.4, 0.5) is 0 Å². The van der Waals surface area contributed by atoms with Gasteiger partial charge in [0.15, 0.2) is 0 Å². The van der Waals surface area contributed by atoms with Crippen LogP contribution in [0.2, 0.25) is 0 Å². The molecule has 3 fully saturated rings. The van der Waals surface area contributed by atoms with Crippen molar-refractivity contribution in [1.82, 2.24) is 4.90 Å². The van der Waals surface area contributed by atoms with Crippen LogP contribution < -0.4 is 5.46 Å². The summed E-state index contributed by atoms with van der Waals surface area (Å²) in [6, 6.07) is 10.5. The van der Waals surface area contributed by atoms with E-state index in [1.54, 1.807) is 0 Å². The summed E-state index contributed by atoms with van der Waals surface area (Å²) in [5.74, 6) is 0. The largest absolute Gasteiger partial charge is 0.494 e. The lowest BCUT2D eigenvalue weighted by Gasteiger charge is -2.32. The van der Waals surface area contributed by atoms with E-state index in [0.29, 0.717) is 0 Å².